The number of para-hydroxylation sites is 1. The summed E-state index contributed by atoms with van der Waals surface area (Å²) in [5.74, 6) is -2.48. The van der Waals surface area contributed by atoms with Crippen LogP contribution >= 0.6 is 0 Å². The van der Waals surface area contributed by atoms with E-state index in [1.54, 1.807) is 31.4 Å². The number of benzene rings is 2. The van der Waals surface area contributed by atoms with E-state index in [1.807, 2.05) is 30.3 Å². The van der Waals surface area contributed by atoms with Crippen molar-refractivity contribution >= 4 is 29.5 Å². The molecule has 0 spiro atoms. The minimum absolute atomic E-state index is 0.188. The van der Waals surface area contributed by atoms with Crippen LogP contribution in [0.5, 0.6) is 5.75 Å². The average Bonchev–Trinajstić information content (AvgIpc) is 2.98. The van der Waals surface area contributed by atoms with Crippen molar-refractivity contribution in [3.8, 4) is 5.75 Å². The predicted octanol–water partition coefficient (Wildman–Crippen LogP) is 0.849. The zero-order valence-electron chi connectivity index (χ0n) is 24.9. The number of methoxy groups -OCH3 is 1. The van der Waals surface area contributed by atoms with Gasteiger partial charge in [-0.1, -0.05) is 42.5 Å². The molecule has 0 bridgehead atoms. The summed E-state index contributed by atoms with van der Waals surface area (Å²) >= 11 is 0. The van der Waals surface area contributed by atoms with Crippen molar-refractivity contribution in [2.24, 2.45) is 0 Å². The van der Waals surface area contributed by atoms with E-state index in [4.69, 9.17) is 9.47 Å². The minimum atomic E-state index is -1.44. The second-order valence-corrected chi connectivity index (χ2v) is 10.7. The van der Waals surface area contributed by atoms with Crippen molar-refractivity contribution in [2.75, 3.05) is 33.4 Å². The van der Waals surface area contributed by atoms with Crippen molar-refractivity contribution in [3.63, 3.8) is 0 Å². The van der Waals surface area contributed by atoms with Crippen LogP contribution in [-0.2, 0) is 30.3 Å². The van der Waals surface area contributed by atoms with Crippen LogP contribution in [-0.4, -0.2) is 80.6 Å². The van der Waals surface area contributed by atoms with Crippen molar-refractivity contribution in [2.45, 2.75) is 57.2 Å². The van der Waals surface area contributed by atoms with Crippen molar-refractivity contribution in [1.29, 1.82) is 0 Å². The fourth-order valence-corrected chi connectivity index (χ4v) is 4.41. The quantitative estimate of drug-likeness (QED) is 0.296. The van der Waals surface area contributed by atoms with Gasteiger partial charge in [-0.15, -0.1) is 0 Å². The topological polar surface area (TPSA) is 164 Å². The molecule has 1 aliphatic heterocycles. The molecular formula is C31H41N5O7. The number of nitrogens with one attached hydrogen (secondary N) is 5. The fraction of sp³-hybridized carbons (Fsp3) is 0.452. The molecule has 2 atom stereocenters. The van der Waals surface area contributed by atoms with Crippen molar-refractivity contribution in [1.82, 2.24) is 26.6 Å². The highest BCUT2D eigenvalue weighted by Gasteiger charge is 2.34. The lowest BCUT2D eigenvalue weighted by Crippen LogP contribution is -2.60. The molecule has 0 aromatic heterocycles. The minimum Gasteiger partial charge on any atom is -0.493 e. The first-order chi connectivity index (χ1) is 20.6. The van der Waals surface area contributed by atoms with Gasteiger partial charge in [0.15, 0.2) is 0 Å². The first-order valence-corrected chi connectivity index (χ1v) is 14.3. The van der Waals surface area contributed by atoms with Gasteiger partial charge in [-0.25, -0.2) is 0 Å². The first-order valence-electron chi connectivity index (χ1n) is 14.3. The summed E-state index contributed by atoms with van der Waals surface area (Å²) in [6.07, 6.45) is 0.775. The predicted molar refractivity (Wildman–Crippen MR) is 159 cm³/mol. The Bertz CT molecular complexity index is 1270. The summed E-state index contributed by atoms with van der Waals surface area (Å²) < 4.78 is 10.8. The van der Waals surface area contributed by atoms with Gasteiger partial charge in [0.1, 0.15) is 23.4 Å². The molecule has 1 aliphatic rings. The SMILES string of the molecule is COCCCNC(=O)[C@@H]1CC(=O)NC(C)(C)C(=O)N[C@@H](Cc2ccccc2)C(=O)NCCCOc2ccccc2C(=O)N1. The first kappa shape index (κ1) is 33.1. The second kappa shape index (κ2) is 16.3. The number of ether oxygens (including phenoxy) is 2. The second-order valence-electron chi connectivity index (χ2n) is 10.7. The van der Waals surface area contributed by atoms with Crippen LogP contribution in [0.15, 0.2) is 54.6 Å². The number of hydrogen-bond acceptors (Lipinski definition) is 7. The molecule has 3 rings (SSSR count). The third-order valence-electron chi connectivity index (χ3n) is 6.77. The summed E-state index contributed by atoms with van der Waals surface area (Å²) in [5, 5.41) is 13.6. The highest BCUT2D eigenvalue weighted by molar-refractivity contribution is 6.01. The Labute approximate surface area is 251 Å². The van der Waals surface area contributed by atoms with E-state index in [1.165, 1.54) is 13.8 Å². The van der Waals surface area contributed by atoms with E-state index < -0.39 is 47.7 Å². The van der Waals surface area contributed by atoms with Gasteiger partial charge in [-0.05, 0) is 44.4 Å². The van der Waals surface area contributed by atoms with E-state index >= 15 is 0 Å². The maximum absolute atomic E-state index is 13.3. The zero-order chi connectivity index (χ0) is 31.2. The molecule has 5 N–H and O–H groups in total. The molecule has 0 saturated carbocycles. The Kier molecular flexibility index (Phi) is 12.5. The monoisotopic (exact) mass is 595 g/mol. The van der Waals surface area contributed by atoms with Crippen LogP contribution in [0.3, 0.4) is 0 Å². The van der Waals surface area contributed by atoms with Crippen molar-refractivity contribution < 1.29 is 33.4 Å². The zero-order valence-corrected chi connectivity index (χ0v) is 24.9. The van der Waals surface area contributed by atoms with E-state index in [0.29, 0.717) is 25.2 Å². The summed E-state index contributed by atoms with van der Waals surface area (Å²) in [4.78, 5) is 66.0. The highest BCUT2D eigenvalue weighted by atomic mass is 16.5. The molecular weight excluding hydrogens is 554 g/mol. The molecule has 0 saturated heterocycles. The third-order valence-corrected chi connectivity index (χ3v) is 6.77. The molecule has 232 valence electrons. The van der Waals surface area contributed by atoms with Gasteiger partial charge in [-0.2, -0.15) is 0 Å². The average molecular weight is 596 g/mol. The van der Waals surface area contributed by atoms with E-state index in [0.717, 1.165) is 5.56 Å². The van der Waals surface area contributed by atoms with Gasteiger partial charge in [0, 0.05) is 33.2 Å². The van der Waals surface area contributed by atoms with E-state index in [2.05, 4.69) is 26.6 Å². The number of rotatable bonds is 7. The van der Waals surface area contributed by atoms with Gasteiger partial charge in [-0.3, -0.25) is 24.0 Å². The molecule has 2 aromatic carbocycles. The van der Waals surface area contributed by atoms with E-state index in [9.17, 15) is 24.0 Å². The Morgan fingerprint density at radius 2 is 1.74 bits per heavy atom. The molecule has 1 heterocycles. The highest BCUT2D eigenvalue weighted by Crippen LogP contribution is 2.19. The Balaban J connectivity index is 1.87. The summed E-state index contributed by atoms with van der Waals surface area (Å²) in [5.41, 5.74) is -0.406. The Hall–Kier alpha value is -4.45. The molecule has 5 amide bonds. The van der Waals surface area contributed by atoms with Crippen LogP contribution in [0.4, 0.5) is 0 Å². The van der Waals surface area contributed by atoms with Gasteiger partial charge in [0.25, 0.3) is 5.91 Å². The summed E-state index contributed by atoms with van der Waals surface area (Å²) in [7, 11) is 1.55. The van der Waals surface area contributed by atoms with Crippen LogP contribution in [0.2, 0.25) is 0 Å². The molecule has 12 heteroatoms. The van der Waals surface area contributed by atoms with Gasteiger partial charge < -0.3 is 36.1 Å². The number of carbonyl (C=O) groups excluding carboxylic acids is 5. The lowest BCUT2D eigenvalue weighted by Gasteiger charge is -2.29. The maximum atomic E-state index is 13.3. The van der Waals surface area contributed by atoms with Crippen molar-refractivity contribution in [3.05, 3.63) is 65.7 Å². The molecule has 43 heavy (non-hydrogen) atoms. The van der Waals surface area contributed by atoms with Gasteiger partial charge in [0.05, 0.1) is 18.6 Å². The van der Waals surface area contributed by atoms with Crippen LogP contribution in [0.1, 0.15) is 49.0 Å². The number of carbonyl (C=O) groups is 5. The smallest absolute Gasteiger partial charge is 0.255 e. The van der Waals surface area contributed by atoms with E-state index in [-0.39, 0.29) is 37.6 Å². The maximum Gasteiger partial charge on any atom is 0.255 e. The summed E-state index contributed by atoms with van der Waals surface area (Å²) in [6, 6.07) is 13.7. The molecule has 0 aliphatic carbocycles. The van der Waals surface area contributed by atoms with Crippen LogP contribution in [0.25, 0.3) is 0 Å². The normalized spacial score (nSPS) is 20.1. The Morgan fingerprint density at radius 1 is 1.02 bits per heavy atom. The van der Waals surface area contributed by atoms with Gasteiger partial charge in [0.2, 0.25) is 23.6 Å². The van der Waals surface area contributed by atoms with Crippen LogP contribution in [0, 0.1) is 0 Å². The number of amides is 5. The lowest BCUT2D eigenvalue weighted by molar-refractivity contribution is -0.135. The largest absolute Gasteiger partial charge is 0.493 e. The number of hydrogen-bond donors (Lipinski definition) is 5. The molecule has 2 aromatic rings. The molecule has 0 unspecified atom stereocenters. The fourth-order valence-electron chi connectivity index (χ4n) is 4.41. The summed E-state index contributed by atoms with van der Waals surface area (Å²) in [6.45, 7) is 4.16. The molecule has 12 nitrogen and oxygen atoms in total. The van der Waals surface area contributed by atoms with Crippen LogP contribution < -0.4 is 31.3 Å². The third kappa shape index (κ3) is 10.4. The molecule has 0 radical (unpaired) electrons. The van der Waals surface area contributed by atoms with Gasteiger partial charge >= 0.3 is 0 Å². The Morgan fingerprint density at radius 3 is 2.49 bits per heavy atom. The number of fused-ring (bicyclic) bond motifs is 1. The molecule has 0 fully saturated rings. The lowest BCUT2D eigenvalue weighted by atomic mass is 10.00. The standard InChI is InChI=1S/C31H41N5O7/c1-31(2)30(41)35-23(19-21-11-5-4-6-12-21)28(39)33-16-10-18-43-25-14-8-7-13-22(25)27(38)34-24(20-26(37)36-31)29(40)32-15-9-17-42-3/h4-8,11-14,23-24H,9-10,15-20H2,1-3H3,(H,32,40)(H,33,39)(H,34,38)(H,35,41)(H,36,37)/t23-,24-/m0/s1.